The molecule has 0 atom stereocenters. The molecule has 0 radical (unpaired) electrons. The van der Waals surface area contributed by atoms with E-state index in [1.54, 1.807) is 0 Å². The predicted molar refractivity (Wildman–Crippen MR) is 177 cm³/mol. The van der Waals surface area contributed by atoms with Crippen LogP contribution in [0.4, 0.5) is 0 Å². The van der Waals surface area contributed by atoms with Crippen LogP contribution < -0.4 is 15.9 Å². The molecule has 0 saturated heterocycles. The third-order valence-corrected chi connectivity index (χ3v) is 11.3. The Bertz CT molecular complexity index is 2200. The summed E-state index contributed by atoms with van der Waals surface area (Å²) in [4.78, 5) is 0. The smallest absolute Gasteiger partial charge is 0.171 e. The van der Waals surface area contributed by atoms with Gasteiger partial charge in [-0.1, -0.05) is 97.1 Å². The van der Waals surface area contributed by atoms with Crippen molar-refractivity contribution in [2.45, 2.75) is 0 Å². The molecule has 0 aliphatic rings. The second-order valence-corrected chi connectivity index (χ2v) is 13.4. The molecule has 3 nitrogen and oxygen atoms in total. The predicted octanol–water partition coefficient (Wildman–Crippen LogP) is 8.37. The van der Waals surface area contributed by atoms with E-state index >= 15 is 0 Å². The Morgan fingerprint density at radius 2 is 1.00 bits per heavy atom. The molecular formula is C38H27N2OP. The summed E-state index contributed by atoms with van der Waals surface area (Å²) in [6.07, 6.45) is 2.14. The summed E-state index contributed by atoms with van der Waals surface area (Å²) in [5, 5.41) is 6.10. The van der Waals surface area contributed by atoms with E-state index in [-0.39, 0.29) is 0 Å². The number of fused-ring (bicyclic) bond motifs is 4. The van der Waals surface area contributed by atoms with Crippen LogP contribution in [-0.4, -0.2) is 9.13 Å². The van der Waals surface area contributed by atoms with E-state index in [1.165, 1.54) is 21.7 Å². The first-order valence-corrected chi connectivity index (χ1v) is 15.8. The third kappa shape index (κ3) is 3.79. The summed E-state index contributed by atoms with van der Waals surface area (Å²) < 4.78 is 19.5. The van der Waals surface area contributed by atoms with E-state index in [1.807, 2.05) is 78.9 Å². The molecule has 8 aromatic rings. The number of nitrogens with zero attached hydrogens (tertiary/aromatic N) is 2. The molecule has 0 aliphatic heterocycles. The standard InChI is InChI=1S/C38H27N2OP/c41-42(31-14-6-2-7-15-31,32-16-8-3-9-17-32)33-22-20-30(21-23-33)40-36-19-11-10-18-34(36)35-27-37-28(26-38(35)40)24-25-39(37)29-12-4-1-5-13-29/h1-27H. The molecule has 0 aliphatic carbocycles. The van der Waals surface area contributed by atoms with Crippen molar-refractivity contribution in [2.75, 3.05) is 0 Å². The van der Waals surface area contributed by atoms with Gasteiger partial charge in [-0.3, -0.25) is 0 Å². The van der Waals surface area contributed by atoms with Crippen molar-refractivity contribution in [3.05, 3.63) is 164 Å². The molecule has 42 heavy (non-hydrogen) atoms. The fourth-order valence-corrected chi connectivity index (χ4v) is 8.87. The molecular weight excluding hydrogens is 531 g/mol. The average molecular weight is 559 g/mol. The lowest BCUT2D eigenvalue weighted by atomic mass is 10.1. The molecule has 6 aromatic carbocycles. The van der Waals surface area contributed by atoms with Gasteiger partial charge in [0, 0.05) is 49.6 Å². The van der Waals surface area contributed by atoms with Gasteiger partial charge >= 0.3 is 0 Å². The second kappa shape index (κ2) is 9.76. The topological polar surface area (TPSA) is 26.9 Å². The van der Waals surface area contributed by atoms with E-state index in [4.69, 9.17) is 0 Å². The van der Waals surface area contributed by atoms with Crippen molar-refractivity contribution in [3.8, 4) is 11.4 Å². The van der Waals surface area contributed by atoms with Crippen LogP contribution in [0.3, 0.4) is 0 Å². The van der Waals surface area contributed by atoms with E-state index in [0.29, 0.717) is 0 Å². The number of benzene rings is 6. The van der Waals surface area contributed by atoms with Crippen LogP contribution in [0.2, 0.25) is 0 Å². The van der Waals surface area contributed by atoms with E-state index in [2.05, 4.69) is 94.2 Å². The maximum absolute atomic E-state index is 14.9. The summed E-state index contributed by atoms with van der Waals surface area (Å²) in [7, 11) is -3.04. The van der Waals surface area contributed by atoms with E-state index in [9.17, 15) is 4.57 Å². The van der Waals surface area contributed by atoms with Gasteiger partial charge in [-0.15, -0.1) is 0 Å². The Balaban J connectivity index is 1.32. The van der Waals surface area contributed by atoms with Crippen LogP contribution in [0, 0.1) is 0 Å². The number of aromatic nitrogens is 2. The molecule has 0 fully saturated rings. The Labute approximate surface area is 244 Å². The maximum atomic E-state index is 14.9. The largest absolute Gasteiger partial charge is 0.317 e. The normalized spacial score (nSPS) is 11.9. The summed E-state index contributed by atoms with van der Waals surface area (Å²) >= 11 is 0. The molecule has 2 heterocycles. The highest BCUT2D eigenvalue weighted by atomic mass is 31.2. The zero-order valence-corrected chi connectivity index (χ0v) is 23.7. The minimum Gasteiger partial charge on any atom is -0.317 e. The van der Waals surface area contributed by atoms with Crippen LogP contribution in [0.15, 0.2) is 164 Å². The van der Waals surface area contributed by atoms with Crippen molar-refractivity contribution in [2.24, 2.45) is 0 Å². The van der Waals surface area contributed by atoms with Gasteiger partial charge in [0.25, 0.3) is 0 Å². The van der Waals surface area contributed by atoms with Gasteiger partial charge in [0.1, 0.15) is 0 Å². The number of hydrogen-bond donors (Lipinski definition) is 0. The first-order valence-electron chi connectivity index (χ1n) is 14.1. The monoisotopic (exact) mass is 558 g/mol. The molecule has 0 saturated carbocycles. The van der Waals surface area contributed by atoms with Crippen molar-refractivity contribution < 1.29 is 4.57 Å². The summed E-state index contributed by atoms with van der Waals surface area (Å²) in [5.74, 6) is 0. The van der Waals surface area contributed by atoms with Gasteiger partial charge < -0.3 is 13.7 Å². The lowest BCUT2D eigenvalue weighted by Gasteiger charge is -2.20. The Morgan fingerprint density at radius 1 is 0.429 bits per heavy atom. The van der Waals surface area contributed by atoms with Crippen LogP contribution >= 0.6 is 7.14 Å². The summed E-state index contributed by atoms with van der Waals surface area (Å²) in [5.41, 5.74) is 5.66. The fourth-order valence-electron chi connectivity index (χ4n) is 6.22. The van der Waals surface area contributed by atoms with Crippen LogP contribution in [0.1, 0.15) is 0 Å². The van der Waals surface area contributed by atoms with Crippen molar-refractivity contribution in [1.82, 2.24) is 9.13 Å². The second-order valence-electron chi connectivity index (χ2n) is 10.6. The van der Waals surface area contributed by atoms with Crippen LogP contribution in [-0.2, 0) is 4.57 Å². The number of hydrogen-bond acceptors (Lipinski definition) is 1. The van der Waals surface area contributed by atoms with Gasteiger partial charge in [0.15, 0.2) is 7.14 Å². The first-order chi connectivity index (χ1) is 20.7. The van der Waals surface area contributed by atoms with Crippen LogP contribution in [0.25, 0.3) is 44.1 Å². The van der Waals surface area contributed by atoms with E-state index in [0.717, 1.165) is 38.3 Å². The number of rotatable bonds is 5. The highest BCUT2D eigenvalue weighted by Gasteiger charge is 2.29. The Morgan fingerprint density at radius 3 is 1.67 bits per heavy atom. The van der Waals surface area contributed by atoms with E-state index < -0.39 is 7.14 Å². The van der Waals surface area contributed by atoms with Gasteiger partial charge in [0.2, 0.25) is 0 Å². The minimum absolute atomic E-state index is 0.826. The van der Waals surface area contributed by atoms with Gasteiger partial charge in [0.05, 0.1) is 16.6 Å². The Kier molecular flexibility index (Phi) is 5.73. The lowest BCUT2D eigenvalue weighted by molar-refractivity contribution is 0.592. The highest BCUT2D eigenvalue weighted by Crippen LogP contribution is 2.43. The fraction of sp³-hybridized carbons (Fsp3) is 0. The molecule has 0 bridgehead atoms. The van der Waals surface area contributed by atoms with Gasteiger partial charge in [-0.2, -0.15) is 0 Å². The Hall–Kier alpha value is -5.11. The average Bonchev–Trinajstić information content (AvgIpc) is 3.63. The molecule has 2 aromatic heterocycles. The summed E-state index contributed by atoms with van der Waals surface area (Å²) in [6.45, 7) is 0. The van der Waals surface area contributed by atoms with Crippen molar-refractivity contribution >= 4 is 55.8 Å². The maximum Gasteiger partial charge on any atom is 0.171 e. The summed E-state index contributed by atoms with van der Waals surface area (Å²) in [6, 6.07) is 53.8. The molecule has 0 spiro atoms. The minimum atomic E-state index is -3.04. The molecule has 0 unspecified atom stereocenters. The zero-order chi connectivity index (χ0) is 28.1. The lowest BCUT2D eigenvalue weighted by Crippen LogP contribution is -2.24. The third-order valence-electron chi connectivity index (χ3n) is 8.23. The molecule has 200 valence electrons. The molecule has 0 amide bonds. The van der Waals surface area contributed by atoms with Crippen LogP contribution in [0.5, 0.6) is 0 Å². The van der Waals surface area contributed by atoms with Crippen molar-refractivity contribution in [3.63, 3.8) is 0 Å². The highest BCUT2D eigenvalue weighted by molar-refractivity contribution is 7.85. The van der Waals surface area contributed by atoms with Gasteiger partial charge in [-0.25, -0.2) is 0 Å². The van der Waals surface area contributed by atoms with Gasteiger partial charge in [-0.05, 0) is 60.7 Å². The number of para-hydroxylation sites is 2. The molecule has 8 rings (SSSR count). The quantitative estimate of drug-likeness (QED) is 0.195. The molecule has 4 heteroatoms. The molecule has 0 N–H and O–H groups in total. The SMILES string of the molecule is O=P(c1ccccc1)(c1ccccc1)c1ccc(-n2c3ccccc3c3cc4c(ccn4-c4ccccc4)cc32)cc1. The van der Waals surface area contributed by atoms with Crippen molar-refractivity contribution in [1.29, 1.82) is 0 Å². The zero-order valence-electron chi connectivity index (χ0n) is 22.8. The first kappa shape index (κ1) is 24.7.